The molecule has 1 fully saturated rings. The number of nitrogens with zero attached hydrogens (tertiary/aromatic N) is 2. The third-order valence-electron chi connectivity index (χ3n) is 3.60. The summed E-state index contributed by atoms with van der Waals surface area (Å²) in [6, 6.07) is 0.541. The summed E-state index contributed by atoms with van der Waals surface area (Å²) in [5.74, 6) is 2.34. The Balaban J connectivity index is 2.19. The van der Waals surface area contributed by atoms with Crippen LogP contribution in [0.4, 0.5) is 5.82 Å². The number of nitrogens with one attached hydrogen (secondary N) is 2. The van der Waals surface area contributed by atoms with Gasteiger partial charge in [-0.1, -0.05) is 13.8 Å². The minimum absolute atomic E-state index is 0.373. The zero-order valence-electron chi connectivity index (χ0n) is 11.9. The Morgan fingerprint density at radius 3 is 2.44 bits per heavy atom. The van der Waals surface area contributed by atoms with Crippen LogP contribution in [0.15, 0.2) is 0 Å². The van der Waals surface area contributed by atoms with Crippen LogP contribution in [0.2, 0.25) is 0 Å². The first kappa shape index (κ1) is 13.3. The van der Waals surface area contributed by atoms with Crippen LogP contribution in [0.5, 0.6) is 0 Å². The SMILES string of the molecule is Cc1nc(C(C)C)nc(NC2CCNCC2)c1C. The quantitative estimate of drug-likeness (QED) is 0.862. The van der Waals surface area contributed by atoms with Crippen molar-refractivity contribution in [1.82, 2.24) is 15.3 Å². The molecule has 4 nitrogen and oxygen atoms in total. The van der Waals surface area contributed by atoms with E-state index in [4.69, 9.17) is 0 Å². The standard InChI is InChI=1S/C14H24N4/c1-9(2)13-16-11(4)10(3)14(18-13)17-12-5-7-15-8-6-12/h9,12,15H,5-8H2,1-4H3,(H,16,17,18). The maximum atomic E-state index is 4.68. The Hall–Kier alpha value is -1.16. The first-order chi connectivity index (χ1) is 8.58. The predicted octanol–water partition coefficient (Wildman–Crippen LogP) is 2.38. The van der Waals surface area contributed by atoms with E-state index in [9.17, 15) is 0 Å². The molecule has 4 heteroatoms. The lowest BCUT2D eigenvalue weighted by molar-refractivity contribution is 0.477. The van der Waals surface area contributed by atoms with Crippen LogP contribution in [0.3, 0.4) is 0 Å². The lowest BCUT2D eigenvalue weighted by Gasteiger charge is -2.25. The Morgan fingerprint density at radius 2 is 1.83 bits per heavy atom. The second-order valence-corrected chi connectivity index (χ2v) is 5.46. The van der Waals surface area contributed by atoms with E-state index in [-0.39, 0.29) is 0 Å². The Morgan fingerprint density at radius 1 is 1.17 bits per heavy atom. The number of hydrogen-bond donors (Lipinski definition) is 2. The van der Waals surface area contributed by atoms with E-state index >= 15 is 0 Å². The van der Waals surface area contributed by atoms with Crippen LogP contribution < -0.4 is 10.6 Å². The highest BCUT2D eigenvalue weighted by atomic mass is 15.1. The maximum absolute atomic E-state index is 4.68. The van der Waals surface area contributed by atoms with Crippen molar-refractivity contribution in [1.29, 1.82) is 0 Å². The molecule has 0 unspecified atom stereocenters. The minimum atomic E-state index is 0.373. The summed E-state index contributed by atoms with van der Waals surface area (Å²) >= 11 is 0. The van der Waals surface area contributed by atoms with Gasteiger partial charge in [-0.2, -0.15) is 0 Å². The van der Waals surface area contributed by atoms with Gasteiger partial charge in [0.2, 0.25) is 0 Å². The number of hydrogen-bond acceptors (Lipinski definition) is 4. The lowest BCUT2D eigenvalue weighted by Crippen LogP contribution is -2.35. The smallest absolute Gasteiger partial charge is 0.133 e. The van der Waals surface area contributed by atoms with Crippen molar-refractivity contribution >= 4 is 5.82 Å². The van der Waals surface area contributed by atoms with Crippen molar-refractivity contribution < 1.29 is 0 Å². The number of anilines is 1. The second-order valence-electron chi connectivity index (χ2n) is 5.46. The average molecular weight is 248 g/mol. The monoisotopic (exact) mass is 248 g/mol. The van der Waals surface area contributed by atoms with Gasteiger partial charge in [0.1, 0.15) is 11.6 Å². The van der Waals surface area contributed by atoms with E-state index in [0.29, 0.717) is 12.0 Å². The van der Waals surface area contributed by atoms with Gasteiger partial charge in [0.25, 0.3) is 0 Å². The fourth-order valence-electron chi connectivity index (χ4n) is 2.21. The van der Waals surface area contributed by atoms with Gasteiger partial charge >= 0.3 is 0 Å². The van der Waals surface area contributed by atoms with E-state index in [1.165, 1.54) is 18.4 Å². The van der Waals surface area contributed by atoms with E-state index in [1.807, 2.05) is 0 Å². The topological polar surface area (TPSA) is 49.8 Å². The summed E-state index contributed by atoms with van der Waals surface area (Å²) in [6.45, 7) is 10.6. The van der Waals surface area contributed by atoms with Crippen molar-refractivity contribution in [3.63, 3.8) is 0 Å². The van der Waals surface area contributed by atoms with Crippen LogP contribution >= 0.6 is 0 Å². The zero-order chi connectivity index (χ0) is 13.1. The molecule has 100 valence electrons. The molecule has 0 amide bonds. The normalized spacial score (nSPS) is 17.2. The lowest BCUT2D eigenvalue weighted by atomic mass is 10.1. The van der Waals surface area contributed by atoms with Crippen LogP contribution in [0.1, 0.15) is 49.7 Å². The van der Waals surface area contributed by atoms with E-state index in [1.54, 1.807) is 0 Å². The highest BCUT2D eigenvalue weighted by Gasteiger charge is 2.16. The molecule has 2 N–H and O–H groups in total. The largest absolute Gasteiger partial charge is 0.367 e. The number of aryl methyl sites for hydroxylation is 1. The fraction of sp³-hybridized carbons (Fsp3) is 0.714. The highest BCUT2D eigenvalue weighted by Crippen LogP contribution is 2.21. The van der Waals surface area contributed by atoms with Gasteiger partial charge in [-0.3, -0.25) is 0 Å². The molecule has 0 aromatic carbocycles. The van der Waals surface area contributed by atoms with Gasteiger partial charge in [-0.05, 0) is 39.8 Å². The third kappa shape index (κ3) is 2.99. The van der Waals surface area contributed by atoms with Gasteiger partial charge in [0, 0.05) is 23.2 Å². The molecule has 0 atom stereocenters. The molecule has 0 bridgehead atoms. The molecule has 0 radical (unpaired) electrons. The summed E-state index contributed by atoms with van der Waals surface area (Å²) < 4.78 is 0. The van der Waals surface area contributed by atoms with Gasteiger partial charge in [0.15, 0.2) is 0 Å². The van der Waals surface area contributed by atoms with Crippen molar-refractivity contribution in [2.75, 3.05) is 18.4 Å². The van der Waals surface area contributed by atoms with Crippen LogP contribution in [0, 0.1) is 13.8 Å². The molecular formula is C14H24N4. The Labute approximate surface area is 110 Å². The molecule has 1 aliphatic heterocycles. The average Bonchev–Trinajstić information content (AvgIpc) is 2.35. The molecule has 0 spiro atoms. The van der Waals surface area contributed by atoms with Crippen LogP contribution in [-0.2, 0) is 0 Å². The molecule has 2 heterocycles. The fourth-order valence-corrected chi connectivity index (χ4v) is 2.21. The second kappa shape index (κ2) is 5.65. The summed E-state index contributed by atoms with van der Waals surface area (Å²) in [6.07, 6.45) is 2.33. The first-order valence-corrected chi connectivity index (χ1v) is 6.90. The molecule has 1 aromatic rings. The van der Waals surface area contributed by atoms with Gasteiger partial charge in [-0.15, -0.1) is 0 Å². The summed E-state index contributed by atoms with van der Waals surface area (Å²) in [7, 11) is 0. The third-order valence-corrected chi connectivity index (χ3v) is 3.60. The Kier molecular flexibility index (Phi) is 4.17. The number of rotatable bonds is 3. The molecule has 18 heavy (non-hydrogen) atoms. The van der Waals surface area contributed by atoms with E-state index < -0.39 is 0 Å². The van der Waals surface area contributed by atoms with Crippen LogP contribution in [-0.4, -0.2) is 29.1 Å². The van der Waals surface area contributed by atoms with E-state index in [2.05, 4.69) is 48.3 Å². The van der Waals surface area contributed by atoms with Crippen molar-refractivity contribution in [3.05, 3.63) is 17.1 Å². The van der Waals surface area contributed by atoms with Crippen molar-refractivity contribution in [2.24, 2.45) is 0 Å². The first-order valence-electron chi connectivity index (χ1n) is 6.90. The van der Waals surface area contributed by atoms with Crippen molar-refractivity contribution in [3.8, 4) is 0 Å². The van der Waals surface area contributed by atoms with Crippen molar-refractivity contribution in [2.45, 2.75) is 52.5 Å². The Bertz CT molecular complexity index is 409. The maximum Gasteiger partial charge on any atom is 0.133 e. The molecule has 1 aromatic heterocycles. The number of aromatic nitrogens is 2. The minimum Gasteiger partial charge on any atom is -0.367 e. The highest BCUT2D eigenvalue weighted by molar-refractivity contribution is 5.46. The molecule has 1 saturated heterocycles. The summed E-state index contributed by atoms with van der Waals surface area (Å²) in [5, 5.41) is 6.98. The predicted molar refractivity (Wildman–Crippen MR) is 75.1 cm³/mol. The van der Waals surface area contributed by atoms with Gasteiger partial charge in [-0.25, -0.2) is 9.97 Å². The number of piperidine rings is 1. The molecule has 0 saturated carbocycles. The van der Waals surface area contributed by atoms with Gasteiger partial charge < -0.3 is 10.6 Å². The summed E-state index contributed by atoms with van der Waals surface area (Å²) in [5.41, 5.74) is 2.27. The molecular weight excluding hydrogens is 224 g/mol. The molecule has 1 aliphatic rings. The van der Waals surface area contributed by atoms with E-state index in [0.717, 1.165) is 30.4 Å². The molecule has 0 aliphatic carbocycles. The molecule has 2 rings (SSSR count). The van der Waals surface area contributed by atoms with Crippen LogP contribution in [0.25, 0.3) is 0 Å². The van der Waals surface area contributed by atoms with Gasteiger partial charge in [0.05, 0.1) is 0 Å². The summed E-state index contributed by atoms with van der Waals surface area (Å²) in [4.78, 5) is 9.25. The zero-order valence-corrected chi connectivity index (χ0v) is 11.9.